The summed E-state index contributed by atoms with van der Waals surface area (Å²) in [5, 5.41) is 4.92. The summed E-state index contributed by atoms with van der Waals surface area (Å²) in [7, 11) is 1.87. The second-order valence-corrected chi connectivity index (χ2v) is 5.93. The molecule has 5 nitrogen and oxygen atoms in total. The predicted molar refractivity (Wildman–Crippen MR) is 89.5 cm³/mol. The van der Waals surface area contributed by atoms with E-state index in [-0.39, 0.29) is 11.9 Å². The standard InChI is InChI=1S/C17H14ClN3O2/c1-21-13-8-10(18)2-3-12(13)15(16(21)17(22)14-9-23-14)20-11-4-6-19-7-5-11/h2-8,14H,9H2,1H3,(H,19,20). The number of pyridine rings is 1. The fraction of sp³-hybridized carbons (Fsp3) is 0.176. The van der Waals surface area contributed by atoms with Crippen LogP contribution < -0.4 is 5.32 Å². The highest BCUT2D eigenvalue weighted by Gasteiger charge is 2.36. The molecule has 1 aliphatic heterocycles. The second kappa shape index (κ2) is 5.37. The Balaban J connectivity index is 1.92. The highest BCUT2D eigenvalue weighted by atomic mass is 35.5. The summed E-state index contributed by atoms with van der Waals surface area (Å²) < 4.78 is 7.05. The molecule has 0 spiro atoms. The molecule has 0 saturated carbocycles. The summed E-state index contributed by atoms with van der Waals surface area (Å²) >= 11 is 6.12. The first kappa shape index (κ1) is 14.2. The fourth-order valence-corrected chi connectivity index (χ4v) is 2.92. The molecule has 0 aliphatic carbocycles. The molecular weight excluding hydrogens is 314 g/mol. The highest BCUT2D eigenvalue weighted by molar-refractivity contribution is 6.31. The number of hydrogen-bond acceptors (Lipinski definition) is 4. The van der Waals surface area contributed by atoms with Crippen molar-refractivity contribution in [2.75, 3.05) is 11.9 Å². The summed E-state index contributed by atoms with van der Waals surface area (Å²) in [6.45, 7) is 0.482. The number of nitrogens with one attached hydrogen (secondary N) is 1. The number of halogens is 1. The Bertz CT molecular complexity index is 901. The van der Waals surface area contributed by atoms with Crippen molar-refractivity contribution < 1.29 is 9.53 Å². The fourth-order valence-electron chi connectivity index (χ4n) is 2.76. The molecular formula is C17H14ClN3O2. The van der Waals surface area contributed by atoms with Crippen LogP contribution in [-0.2, 0) is 11.8 Å². The molecule has 116 valence electrons. The zero-order valence-corrected chi connectivity index (χ0v) is 13.2. The first-order valence-electron chi connectivity index (χ1n) is 7.26. The zero-order valence-electron chi connectivity index (χ0n) is 12.4. The van der Waals surface area contributed by atoms with Gasteiger partial charge in [-0.1, -0.05) is 11.6 Å². The van der Waals surface area contributed by atoms with Gasteiger partial charge < -0.3 is 14.6 Å². The minimum Gasteiger partial charge on any atom is -0.364 e. The van der Waals surface area contributed by atoms with Crippen LogP contribution in [0.15, 0.2) is 42.7 Å². The number of epoxide rings is 1. The van der Waals surface area contributed by atoms with E-state index in [0.717, 1.165) is 22.3 Å². The van der Waals surface area contributed by atoms with Crippen LogP contribution in [-0.4, -0.2) is 28.0 Å². The number of carbonyl (C=O) groups is 1. The molecule has 3 heterocycles. The third kappa shape index (κ3) is 2.48. The Morgan fingerprint density at radius 3 is 2.78 bits per heavy atom. The number of anilines is 2. The quantitative estimate of drug-likeness (QED) is 0.588. The molecule has 4 rings (SSSR count). The van der Waals surface area contributed by atoms with Gasteiger partial charge in [-0.3, -0.25) is 9.78 Å². The molecule has 1 atom stereocenters. The summed E-state index contributed by atoms with van der Waals surface area (Å²) in [6.07, 6.45) is 3.07. The molecule has 2 aromatic heterocycles. The van der Waals surface area contributed by atoms with Crippen molar-refractivity contribution in [1.29, 1.82) is 0 Å². The van der Waals surface area contributed by atoms with E-state index in [1.165, 1.54) is 0 Å². The van der Waals surface area contributed by atoms with Crippen molar-refractivity contribution in [1.82, 2.24) is 9.55 Å². The number of ketones is 1. The van der Waals surface area contributed by atoms with Crippen LogP contribution in [0.1, 0.15) is 10.5 Å². The largest absolute Gasteiger partial charge is 0.364 e. The molecule has 1 N–H and O–H groups in total. The SMILES string of the molecule is Cn1c(C(=O)C2CO2)c(Nc2ccncc2)c2ccc(Cl)cc21. The molecule has 0 bridgehead atoms. The van der Waals surface area contributed by atoms with Crippen LogP contribution in [0, 0.1) is 0 Å². The summed E-state index contributed by atoms with van der Waals surface area (Å²) in [6, 6.07) is 9.32. The van der Waals surface area contributed by atoms with Crippen molar-refractivity contribution in [3.63, 3.8) is 0 Å². The van der Waals surface area contributed by atoms with Gasteiger partial charge in [0.2, 0.25) is 5.78 Å². The average molecular weight is 328 g/mol. The number of fused-ring (bicyclic) bond motifs is 1. The van der Waals surface area contributed by atoms with E-state index in [9.17, 15) is 4.79 Å². The van der Waals surface area contributed by atoms with Gasteiger partial charge in [-0.25, -0.2) is 0 Å². The Hall–Kier alpha value is -2.37. The Morgan fingerprint density at radius 1 is 1.35 bits per heavy atom. The van der Waals surface area contributed by atoms with Crippen LogP contribution in [0.4, 0.5) is 11.4 Å². The number of rotatable bonds is 4. The number of hydrogen-bond donors (Lipinski definition) is 1. The van der Waals surface area contributed by atoms with Gasteiger partial charge >= 0.3 is 0 Å². The smallest absolute Gasteiger partial charge is 0.212 e. The van der Waals surface area contributed by atoms with Crippen molar-refractivity contribution in [3.05, 3.63) is 53.4 Å². The van der Waals surface area contributed by atoms with E-state index in [4.69, 9.17) is 16.3 Å². The third-order valence-corrected chi connectivity index (χ3v) is 4.21. The number of carbonyl (C=O) groups excluding carboxylic acids is 1. The first-order valence-corrected chi connectivity index (χ1v) is 7.64. The van der Waals surface area contributed by atoms with Gasteiger partial charge in [0.05, 0.1) is 17.8 Å². The van der Waals surface area contributed by atoms with Crippen LogP contribution >= 0.6 is 11.6 Å². The topological polar surface area (TPSA) is 59.5 Å². The predicted octanol–water partition coefficient (Wildman–Crippen LogP) is 3.55. The number of ether oxygens (including phenoxy) is 1. The molecule has 6 heteroatoms. The lowest BCUT2D eigenvalue weighted by molar-refractivity contribution is 0.0947. The molecule has 1 aliphatic rings. The molecule has 1 fully saturated rings. The van der Waals surface area contributed by atoms with E-state index in [2.05, 4.69) is 10.3 Å². The van der Waals surface area contributed by atoms with E-state index >= 15 is 0 Å². The Kier molecular flexibility index (Phi) is 3.32. The molecule has 3 aromatic rings. The molecule has 23 heavy (non-hydrogen) atoms. The van der Waals surface area contributed by atoms with Gasteiger partial charge in [0.1, 0.15) is 11.8 Å². The maximum absolute atomic E-state index is 12.7. The normalized spacial score (nSPS) is 16.5. The second-order valence-electron chi connectivity index (χ2n) is 5.49. The maximum Gasteiger partial charge on any atom is 0.212 e. The van der Waals surface area contributed by atoms with Crippen molar-refractivity contribution in [2.24, 2.45) is 7.05 Å². The summed E-state index contributed by atoms with van der Waals surface area (Å²) in [5.41, 5.74) is 3.14. The minimum atomic E-state index is -0.341. The van der Waals surface area contributed by atoms with Gasteiger partial charge in [-0.2, -0.15) is 0 Å². The lowest BCUT2D eigenvalue weighted by Gasteiger charge is -2.08. The molecule has 1 saturated heterocycles. The van der Waals surface area contributed by atoms with Crippen molar-refractivity contribution in [3.8, 4) is 0 Å². The molecule has 1 aromatic carbocycles. The first-order chi connectivity index (χ1) is 11.1. The van der Waals surface area contributed by atoms with Crippen LogP contribution in [0.5, 0.6) is 0 Å². The van der Waals surface area contributed by atoms with Crippen LogP contribution in [0.2, 0.25) is 5.02 Å². The van der Waals surface area contributed by atoms with E-state index < -0.39 is 0 Å². The third-order valence-electron chi connectivity index (χ3n) is 3.97. The monoisotopic (exact) mass is 327 g/mol. The lowest BCUT2D eigenvalue weighted by atomic mass is 10.1. The van der Waals surface area contributed by atoms with Crippen molar-refractivity contribution in [2.45, 2.75) is 6.10 Å². The average Bonchev–Trinajstić information content (AvgIpc) is 3.36. The highest BCUT2D eigenvalue weighted by Crippen LogP contribution is 2.36. The van der Waals surface area contributed by atoms with E-state index in [0.29, 0.717) is 17.3 Å². The summed E-state index contributed by atoms with van der Waals surface area (Å²) in [4.78, 5) is 16.7. The number of aromatic nitrogens is 2. The number of nitrogens with zero attached hydrogens (tertiary/aromatic N) is 2. The van der Waals surface area contributed by atoms with Crippen LogP contribution in [0.25, 0.3) is 10.9 Å². The Labute approximate surface area is 137 Å². The van der Waals surface area contributed by atoms with Gasteiger partial charge in [-0.05, 0) is 30.3 Å². The number of Topliss-reactive ketones (excluding diaryl/α,β-unsaturated/α-hetero) is 1. The molecule has 0 amide bonds. The molecule has 0 radical (unpaired) electrons. The Morgan fingerprint density at radius 2 is 2.09 bits per heavy atom. The zero-order chi connectivity index (χ0) is 16.0. The van der Waals surface area contributed by atoms with Crippen molar-refractivity contribution >= 4 is 39.7 Å². The number of aryl methyl sites for hydroxylation is 1. The van der Waals surface area contributed by atoms with Gasteiger partial charge in [0, 0.05) is 35.5 Å². The van der Waals surface area contributed by atoms with E-state index in [1.807, 2.05) is 41.9 Å². The van der Waals surface area contributed by atoms with Crippen LogP contribution in [0.3, 0.4) is 0 Å². The minimum absolute atomic E-state index is 0.0172. The maximum atomic E-state index is 12.7. The number of benzene rings is 1. The van der Waals surface area contributed by atoms with Gasteiger partial charge in [0.25, 0.3) is 0 Å². The van der Waals surface area contributed by atoms with Gasteiger partial charge in [-0.15, -0.1) is 0 Å². The summed E-state index contributed by atoms with van der Waals surface area (Å²) in [5.74, 6) is -0.0172. The van der Waals surface area contributed by atoms with E-state index in [1.54, 1.807) is 12.4 Å². The lowest BCUT2D eigenvalue weighted by Crippen LogP contribution is -2.13. The van der Waals surface area contributed by atoms with Gasteiger partial charge in [0.15, 0.2) is 0 Å². The molecule has 1 unspecified atom stereocenters.